The molecule has 1 amide bonds. The lowest BCUT2D eigenvalue weighted by Crippen LogP contribution is -2.45. The molecule has 5 heteroatoms. The van der Waals surface area contributed by atoms with Crippen molar-refractivity contribution in [3.05, 3.63) is 24.0 Å². The van der Waals surface area contributed by atoms with E-state index in [9.17, 15) is 9.59 Å². The molecule has 1 aliphatic heterocycles. The molecule has 2 bridgehead atoms. The monoisotopic (exact) mass is 313 g/mol. The van der Waals surface area contributed by atoms with Crippen molar-refractivity contribution in [2.75, 3.05) is 6.54 Å². The number of carbonyl (C=O) groups is 2. The van der Waals surface area contributed by atoms with Gasteiger partial charge in [-0.2, -0.15) is 5.10 Å². The van der Waals surface area contributed by atoms with E-state index in [0.29, 0.717) is 17.5 Å². The highest BCUT2D eigenvalue weighted by molar-refractivity contribution is 6.12. The third-order valence-corrected chi connectivity index (χ3v) is 6.37. The minimum absolute atomic E-state index is 0.00690. The number of aromatic amines is 1. The zero-order chi connectivity index (χ0) is 16.2. The summed E-state index contributed by atoms with van der Waals surface area (Å²) in [6.45, 7) is 4.01. The second kappa shape index (κ2) is 5.05. The van der Waals surface area contributed by atoms with Crippen LogP contribution in [0, 0.1) is 23.2 Å². The zero-order valence-electron chi connectivity index (χ0n) is 13.7. The smallest absolute Gasteiger partial charge is 0.255 e. The summed E-state index contributed by atoms with van der Waals surface area (Å²) in [6.07, 6.45) is 6.68. The molecular weight excluding hydrogens is 290 g/mol. The molecule has 122 valence electrons. The number of rotatable bonds is 4. The number of nitrogens with one attached hydrogen (secondary N) is 1. The van der Waals surface area contributed by atoms with Gasteiger partial charge in [-0.25, -0.2) is 5.01 Å². The van der Waals surface area contributed by atoms with Gasteiger partial charge >= 0.3 is 0 Å². The van der Waals surface area contributed by atoms with Crippen LogP contribution in [0.25, 0.3) is 0 Å². The molecule has 5 nitrogen and oxygen atoms in total. The molecule has 0 saturated heterocycles. The molecule has 0 radical (unpaired) electrons. The van der Waals surface area contributed by atoms with Crippen molar-refractivity contribution in [3.63, 3.8) is 0 Å². The molecule has 0 aromatic carbocycles. The van der Waals surface area contributed by atoms with Crippen LogP contribution < -0.4 is 0 Å². The lowest BCUT2D eigenvalue weighted by molar-refractivity contribution is -0.138. The van der Waals surface area contributed by atoms with Crippen LogP contribution in [0.4, 0.5) is 0 Å². The Morgan fingerprint density at radius 2 is 2.26 bits per heavy atom. The number of H-pyrrole nitrogens is 1. The molecular formula is C18H23N3O2. The van der Waals surface area contributed by atoms with Gasteiger partial charge in [-0.1, -0.05) is 6.42 Å². The maximum Gasteiger partial charge on any atom is 0.255 e. The SMILES string of the molecule is CC1=NN(CC(=O)c2ccc[nH]2)C(=O)C1(C)[C@H]1C[C@H]2CC[C@@H]1C2. The number of nitrogens with zero attached hydrogens (tertiary/aromatic N) is 2. The Hall–Kier alpha value is -1.91. The summed E-state index contributed by atoms with van der Waals surface area (Å²) in [5.41, 5.74) is 0.883. The van der Waals surface area contributed by atoms with E-state index in [-0.39, 0.29) is 18.2 Å². The summed E-state index contributed by atoms with van der Waals surface area (Å²) in [5.74, 6) is 1.74. The predicted molar refractivity (Wildman–Crippen MR) is 87.0 cm³/mol. The van der Waals surface area contributed by atoms with Gasteiger partial charge in [0.05, 0.1) is 16.8 Å². The lowest BCUT2D eigenvalue weighted by atomic mass is 9.66. The highest BCUT2D eigenvalue weighted by Crippen LogP contribution is 2.56. The van der Waals surface area contributed by atoms with Crippen LogP contribution in [0.1, 0.15) is 50.0 Å². The summed E-state index contributed by atoms with van der Waals surface area (Å²) in [4.78, 5) is 28.2. The van der Waals surface area contributed by atoms with E-state index in [1.807, 2.05) is 13.8 Å². The third-order valence-electron chi connectivity index (χ3n) is 6.37. The van der Waals surface area contributed by atoms with E-state index in [1.54, 1.807) is 18.3 Å². The Labute approximate surface area is 136 Å². The number of Topliss-reactive ketones (excluding diaryl/α,β-unsaturated/α-hetero) is 1. The van der Waals surface area contributed by atoms with Crippen LogP contribution in [0.5, 0.6) is 0 Å². The van der Waals surface area contributed by atoms with E-state index in [0.717, 1.165) is 18.1 Å². The summed E-state index contributed by atoms with van der Waals surface area (Å²) in [6, 6.07) is 3.52. The van der Waals surface area contributed by atoms with Crippen molar-refractivity contribution >= 4 is 17.4 Å². The minimum atomic E-state index is -0.518. The highest BCUT2D eigenvalue weighted by Gasteiger charge is 2.57. The van der Waals surface area contributed by atoms with Gasteiger partial charge in [-0.3, -0.25) is 9.59 Å². The second-order valence-corrected chi connectivity index (χ2v) is 7.54. The van der Waals surface area contributed by atoms with Crippen LogP contribution in [0.3, 0.4) is 0 Å². The Morgan fingerprint density at radius 3 is 2.87 bits per heavy atom. The number of hydrazone groups is 1. The van der Waals surface area contributed by atoms with Crippen molar-refractivity contribution in [2.24, 2.45) is 28.3 Å². The quantitative estimate of drug-likeness (QED) is 0.869. The third kappa shape index (κ3) is 2.09. The fourth-order valence-corrected chi connectivity index (χ4v) is 4.96. The number of ketones is 1. The molecule has 2 aliphatic carbocycles. The van der Waals surface area contributed by atoms with Gasteiger partial charge in [-0.05, 0) is 63.0 Å². The molecule has 2 saturated carbocycles. The van der Waals surface area contributed by atoms with E-state index in [1.165, 1.54) is 24.3 Å². The Balaban J connectivity index is 1.54. The Morgan fingerprint density at radius 1 is 1.43 bits per heavy atom. The number of aromatic nitrogens is 1. The van der Waals surface area contributed by atoms with Gasteiger partial charge in [0, 0.05) is 6.20 Å². The van der Waals surface area contributed by atoms with Crippen molar-refractivity contribution in [2.45, 2.75) is 39.5 Å². The zero-order valence-corrected chi connectivity index (χ0v) is 13.7. The molecule has 4 rings (SSSR count). The molecule has 3 aliphatic rings. The maximum absolute atomic E-state index is 13.1. The van der Waals surface area contributed by atoms with Gasteiger partial charge in [0.15, 0.2) is 0 Å². The first-order valence-electron chi connectivity index (χ1n) is 8.54. The van der Waals surface area contributed by atoms with Crippen molar-refractivity contribution in [3.8, 4) is 0 Å². The molecule has 4 atom stereocenters. The average molecular weight is 313 g/mol. The van der Waals surface area contributed by atoms with Gasteiger partial charge < -0.3 is 4.98 Å². The molecule has 2 fully saturated rings. The Kier molecular flexibility index (Phi) is 3.22. The molecule has 0 spiro atoms. The fourth-order valence-electron chi connectivity index (χ4n) is 4.96. The molecule has 2 heterocycles. The average Bonchev–Trinajstić information content (AvgIpc) is 3.30. The number of hydrogen-bond donors (Lipinski definition) is 1. The summed E-state index contributed by atoms with van der Waals surface area (Å²) in [7, 11) is 0. The fraction of sp³-hybridized carbons (Fsp3) is 0.611. The first-order chi connectivity index (χ1) is 11.0. The van der Waals surface area contributed by atoms with Crippen LogP contribution >= 0.6 is 0 Å². The number of carbonyl (C=O) groups excluding carboxylic acids is 2. The van der Waals surface area contributed by atoms with Crippen LogP contribution in [0.15, 0.2) is 23.4 Å². The first kappa shape index (κ1) is 14.7. The summed E-state index contributed by atoms with van der Waals surface area (Å²) in [5, 5.41) is 5.86. The molecule has 23 heavy (non-hydrogen) atoms. The summed E-state index contributed by atoms with van der Waals surface area (Å²) >= 11 is 0. The number of hydrogen-bond acceptors (Lipinski definition) is 3. The number of amides is 1. The van der Waals surface area contributed by atoms with Crippen LogP contribution in [-0.2, 0) is 4.79 Å². The molecule has 1 N–H and O–H groups in total. The van der Waals surface area contributed by atoms with Gasteiger partial charge in [0.2, 0.25) is 5.78 Å². The predicted octanol–water partition coefficient (Wildman–Crippen LogP) is 2.86. The lowest BCUT2D eigenvalue weighted by Gasteiger charge is -2.35. The van der Waals surface area contributed by atoms with E-state index in [2.05, 4.69) is 10.1 Å². The van der Waals surface area contributed by atoms with E-state index >= 15 is 0 Å². The molecule has 1 aromatic rings. The van der Waals surface area contributed by atoms with Crippen molar-refractivity contribution < 1.29 is 9.59 Å². The summed E-state index contributed by atoms with van der Waals surface area (Å²) < 4.78 is 0. The molecule has 1 unspecified atom stereocenters. The standard InChI is InChI=1S/C18H23N3O2/c1-11-18(2,14-9-12-5-6-13(14)8-12)17(23)21(20-11)10-16(22)15-4-3-7-19-15/h3-4,7,12-14,19H,5-6,8-10H2,1-2H3/t12-,13+,14-,18?/m0/s1. The van der Waals surface area contributed by atoms with Crippen LogP contribution in [-0.4, -0.2) is 33.9 Å². The molecule has 1 aromatic heterocycles. The largest absolute Gasteiger partial charge is 0.359 e. The highest BCUT2D eigenvalue weighted by atomic mass is 16.2. The normalized spacial score (nSPS) is 35.9. The topological polar surface area (TPSA) is 65.5 Å². The number of fused-ring (bicyclic) bond motifs is 2. The van der Waals surface area contributed by atoms with Crippen LogP contribution in [0.2, 0.25) is 0 Å². The van der Waals surface area contributed by atoms with E-state index in [4.69, 9.17) is 0 Å². The van der Waals surface area contributed by atoms with Gasteiger partial charge in [0.1, 0.15) is 6.54 Å². The van der Waals surface area contributed by atoms with Gasteiger partial charge in [0.25, 0.3) is 5.91 Å². The van der Waals surface area contributed by atoms with E-state index < -0.39 is 5.41 Å². The maximum atomic E-state index is 13.1. The van der Waals surface area contributed by atoms with Crippen molar-refractivity contribution in [1.82, 2.24) is 9.99 Å². The minimum Gasteiger partial charge on any atom is -0.359 e. The first-order valence-corrected chi connectivity index (χ1v) is 8.54. The van der Waals surface area contributed by atoms with Crippen molar-refractivity contribution in [1.29, 1.82) is 0 Å². The second-order valence-electron chi connectivity index (χ2n) is 7.54. The van der Waals surface area contributed by atoms with Gasteiger partial charge in [-0.15, -0.1) is 0 Å². The Bertz CT molecular complexity index is 678.